The smallest absolute Gasteiger partial charge is 0.407 e. The molecule has 24 heavy (non-hydrogen) atoms. The summed E-state index contributed by atoms with van der Waals surface area (Å²) in [4.78, 5) is 23.3. The molecule has 2 N–H and O–H groups in total. The standard InChI is InChI=1S/C19H30N2O3/c1-5-6-12-17(22)21-16-11-7-9-15(14-16)10-8-13-20-18(23)24-19(2,3)4/h7,9,11,14H,5-6,8,10,12-13H2,1-4H3,(H,20,23)(H,21,22). The third kappa shape index (κ3) is 9.18. The normalized spacial score (nSPS) is 11.0. The molecule has 0 aromatic heterocycles. The average Bonchev–Trinajstić information content (AvgIpc) is 2.48. The zero-order valence-electron chi connectivity index (χ0n) is 15.3. The minimum Gasteiger partial charge on any atom is -0.444 e. The highest BCUT2D eigenvalue weighted by Gasteiger charge is 2.15. The molecule has 1 aromatic carbocycles. The van der Waals surface area contributed by atoms with E-state index in [0.29, 0.717) is 13.0 Å². The van der Waals surface area contributed by atoms with Crippen LogP contribution >= 0.6 is 0 Å². The van der Waals surface area contributed by atoms with Crippen molar-refractivity contribution < 1.29 is 14.3 Å². The monoisotopic (exact) mass is 334 g/mol. The Labute approximate surface area is 145 Å². The van der Waals surface area contributed by atoms with Gasteiger partial charge in [-0.25, -0.2) is 4.79 Å². The largest absolute Gasteiger partial charge is 0.444 e. The number of aryl methyl sites for hydroxylation is 1. The van der Waals surface area contributed by atoms with Gasteiger partial charge in [0.05, 0.1) is 0 Å². The molecule has 0 unspecified atom stereocenters. The molecule has 1 rings (SSSR count). The van der Waals surface area contributed by atoms with Crippen LogP contribution in [0.1, 0.15) is 58.9 Å². The molecule has 2 amide bonds. The second-order valence-electron chi connectivity index (χ2n) is 6.88. The lowest BCUT2D eigenvalue weighted by molar-refractivity contribution is -0.116. The van der Waals surface area contributed by atoms with Crippen LogP contribution in [0.2, 0.25) is 0 Å². The second-order valence-corrected chi connectivity index (χ2v) is 6.88. The summed E-state index contributed by atoms with van der Waals surface area (Å²) in [6.45, 7) is 8.15. The number of unbranched alkanes of at least 4 members (excludes halogenated alkanes) is 1. The van der Waals surface area contributed by atoms with Crippen molar-refractivity contribution in [2.75, 3.05) is 11.9 Å². The number of hydrogen-bond donors (Lipinski definition) is 2. The molecular weight excluding hydrogens is 304 g/mol. The Kier molecular flexibility index (Phi) is 8.30. The molecule has 0 radical (unpaired) electrons. The van der Waals surface area contributed by atoms with Crippen LogP contribution in [-0.4, -0.2) is 24.1 Å². The van der Waals surface area contributed by atoms with Crippen LogP contribution in [0.4, 0.5) is 10.5 Å². The molecule has 1 aromatic rings. The molecule has 0 bridgehead atoms. The molecule has 0 aliphatic heterocycles. The lowest BCUT2D eigenvalue weighted by atomic mass is 10.1. The molecule has 0 heterocycles. The molecule has 5 heteroatoms. The minimum atomic E-state index is -0.478. The third-order valence-electron chi connectivity index (χ3n) is 3.28. The maximum atomic E-state index is 11.8. The quantitative estimate of drug-likeness (QED) is 0.698. The van der Waals surface area contributed by atoms with Crippen molar-refractivity contribution in [2.24, 2.45) is 0 Å². The van der Waals surface area contributed by atoms with E-state index in [1.165, 1.54) is 0 Å². The van der Waals surface area contributed by atoms with E-state index in [9.17, 15) is 9.59 Å². The van der Waals surface area contributed by atoms with E-state index in [1.54, 1.807) is 0 Å². The fourth-order valence-electron chi connectivity index (χ4n) is 2.16. The number of carbonyl (C=O) groups is 2. The number of alkyl carbamates (subject to hydrolysis) is 1. The molecule has 0 aliphatic carbocycles. The lowest BCUT2D eigenvalue weighted by Crippen LogP contribution is -2.33. The van der Waals surface area contributed by atoms with Crippen LogP contribution in [0.15, 0.2) is 24.3 Å². The molecular formula is C19H30N2O3. The number of nitrogens with one attached hydrogen (secondary N) is 2. The molecule has 0 spiro atoms. The Morgan fingerprint density at radius 2 is 1.92 bits per heavy atom. The summed E-state index contributed by atoms with van der Waals surface area (Å²) in [6, 6.07) is 7.84. The molecule has 0 atom stereocenters. The Morgan fingerprint density at radius 3 is 2.58 bits per heavy atom. The fraction of sp³-hybridized carbons (Fsp3) is 0.579. The van der Waals surface area contributed by atoms with Gasteiger partial charge in [0, 0.05) is 18.7 Å². The minimum absolute atomic E-state index is 0.0561. The first-order valence-corrected chi connectivity index (χ1v) is 8.66. The summed E-state index contributed by atoms with van der Waals surface area (Å²) in [5.41, 5.74) is 1.48. The molecule has 0 saturated carbocycles. The maximum absolute atomic E-state index is 11.8. The average molecular weight is 334 g/mol. The maximum Gasteiger partial charge on any atom is 0.407 e. The van der Waals surface area contributed by atoms with Crippen LogP contribution in [-0.2, 0) is 16.0 Å². The van der Waals surface area contributed by atoms with E-state index in [4.69, 9.17) is 4.74 Å². The van der Waals surface area contributed by atoms with Crippen molar-refractivity contribution in [2.45, 2.75) is 65.4 Å². The Hall–Kier alpha value is -2.04. The van der Waals surface area contributed by atoms with Gasteiger partial charge < -0.3 is 15.4 Å². The van der Waals surface area contributed by atoms with Crippen molar-refractivity contribution in [1.82, 2.24) is 5.32 Å². The third-order valence-corrected chi connectivity index (χ3v) is 3.28. The molecule has 134 valence electrons. The SMILES string of the molecule is CCCCC(=O)Nc1cccc(CCCNC(=O)OC(C)(C)C)c1. The van der Waals surface area contributed by atoms with Gasteiger partial charge in [0.1, 0.15) is 5.60 Å². The van der Waals surface area contributed by atoms with Gasteiger partial charge >= 0.3 is 6.09 Å². The van der Waals surface area contributed by atoms with Crippen LogP contribution in [0.3, 0.4) is 0 Å². The number of hydrogen-bond acceptors (Lipinski definition) is 3. The van der Waals surface area contributed by atoms with Crippen LogP contribution in [0.25, 0.3) is 0 Å². The van der Waals surface area contributed by atoms with Crippen molar-refractivity contribution in [3.8, 4) is 0 Å². The second kappa shape index (κ2) is 9.96. The van der Waals surface area contributed by atoms with Crippen molar-refractivity contribution in [3.63, 3.8) is 0 Å². The Balaban J connectivity index is 2.34. The van der Waals surface area contributed by atoms with Crippen molar-refractivity contribution in [3.05, 3.63) is 29.8 Å². The summed E-state index contributed by atoms with van der Waals surface area (Å²) in [7, 11) is 0. The number of rotatable bonds is 8. The van der Waals surface area contributed by atoms with E-state index in [0.717, 1.165) is 36.9 Å². The molecule has 0 aliphatic rings. The molecule has 5 nitrogen and oxygen atoms in total. The summed E-state index contributed by atoms with van der Waals surface area (Å²) < 4.78 is 5.19. The first-order chi connectivity index (χ1) is 11.3. The first-order valence-electron chi connectivity index (χ1n) is 8.66. The zero-order valence-corrected chi connectivity index (χ0v) is 15.3. The van der Waals surface area contributed by atoms with Crippen LogP contribution in [0.5, 0.6) is 0 Å². The summed E-state index contributed by atoms with van der Waals surface area (Å²) >= 11 is 0. The topological polar surface area (TPSA) is 67.4 Å². The van der Waals surface area contributed by atoms with Crippen molar-refractivity contribution >= 4 is 17.7 Å². The summed E-state index contributed by atoms with van der Waals surface area (Å²) in [5.74, 6) is 0.0561. The fourth-order valence-corrected chi connectivity index (χ4v) is 2.16. The van der Waals surface area contributed by atoms with Gasteiger partial charge in [0.15, 0.2) is 0 Å². The highest BCUT2D eigenvalue weighted by Crippen LogP contribution is 2.13. The van der Waals surface area contributed by atoms with E-state index >= 15 is 0 Å². The van der Waals surface area contributed by atoms with Gasteiger partial charge in [0.2, 0.25) is 5.91 Å². The number of benzene rings is 1. The number of carbonyl (C=O) groups excluding carboxylic acids is 2. The van der Waals surface area contributed by atoms with E-state index in [1.807, 2.05) is 45.0 Å². The number of amides is 2. The molecule has 0 saturated heterocycles. The summed E-state index contributed by atoms with van der Waals surface area (Å²) in [6.07, 6.45) is 3.72. The first kappa shape index (κ1) is 20.0. The van der Waals surface area contributed by atoms with E-state index in [2.05, 4.69) is 17.6 Å². The Bertz CT molecular complexity index is 536. The predicted molar refractivity (Wildman–Crippen MR) is 97.2 cm³/mol. The van der Waals surface area contributed by atoms with Gasteiger partial charge in [-0.05, 0) is 57.7 Å². The number of ether oxygens (including phenoxy) is 1. The van der Waals surface area contributed by atoms with Gasteiger partial charge in [-0.15, -0.1) is 0 Å². The Morgan fingerprint density at radius 1 is 1.17 bits per heavy atom. The number of anilines is 1. The van der Waals surface area contributed by atoms with E-state index in [-0.39, 0.29) is 12.0 Å². The van der Waals surface area contributed by atoms with Gasteiger partial charge in [-0.1, -0.05) is 25.5 Å². The van der Waals surface area contributed by atoms with Crippen LogP contribution < -0.4 is 10.6 Å². The zero-order chi connectivity index (χ0) is 18.0. The highest BCUT2D eigenvalue weighted by molar-refractivity contribution is 5.90. The van der Waals surface area contributed by atoms with Gasteiger partial charge in [-0.2, -0.15) is 0 Å². The summed E-state index contributed by atoms with van der Waals surface area (Å²) in [5, 5.41) is 5.67. The highest BCUT2D eigenvalue weighted by atomic mass is 16.6. The van der Waals surface area contributed by atoms with Crippen LogP contribution in [0, 0.1) is 0 Å². The lowest BCUT2D eigenvalue weighted by Gasteiger charge is -2.19. The van der Waals surface area contributed by atoms with Gasteiger partial charge in [0.25, 0.3) is 0 Å². The molecule has 0 fully saturated rings. The van der Waals surface area contributed by atoms with Gasteiger partial charge in [-0.3, -0.25) is 4.79 Å². The van der Waals surface area contributed by atoms with Crippen molar-refractivity contribution in [1.29, 1.82) is 0 Å². The predicted octanol–water partition coefficient (Wildman–Crippen LogP) is 4.27. The van der Waals surface area contributed by atoms with E-state index < -0.39 is 5.60 Å².